The van der Waals surface area contributed by atoms with Gasteiger partial charge in [-0.2, -0.15) is 0 Å². The maximum Gasteiger partial charge on any atom is 0.407 e. The Bertz CT molecular complexity index is 2040. The second-order valence-corrected chi connectivity index (χ2v) is 18.5. The van der Waals surface area contributed by atoms with Crippen LogP contribution in [-0.2, 0) is 102 Å². The monoisotopic (exact) mass is 1120 g/mol. The molecule has 1 saturated heterocycles. The minimum atomic E-state index is -2.74. The molecule has 0 radical (unpaired) electrons. The predicted molar refractivity (Wildman–Crippen MR) is 267 cm³/mol. The average molecular weight is 1120 g/mol. The summed E-state index contributed by atoms with van der Waals surface area (Å²) in [6, 6.07) is 3.39. The van der Waals surface area contributed by atoms with Gasteiger partial charge in [0.2, 0.25) is 11.8 Å². The van der Waals surface area contributed by atoms with E-state index in [1.807, 2.05) is 0 Å². The fourth-order valence-corrected chi connectivity index (χ4v) is 7.38. The molecule has 442 valence electrons. The van der Waals surface area contributed by atoms with Crippen LogP contribution >= 0.6 is 0 Å². The smallest absolute Gasteiger partial charge is 0.407 e. The highest BCUT2D eigenvalue weighted by atomic mass is 19.3. The Morgan fingerprint density at radius 1 is 0.679 bits per heavy atom. The van der Waals surface area contributed by atoms with Crippen molar-refractivity contribution in [3.05, 3.63) is 35.4 Å². The number of alkyl halides is 2. The van der Waals surface area contributed by atoms with Gasteiger partial charge in [-0.15, -0.1) is 0 Å². The summed E-state index contributed by atoms with van der Waals surface area (Å²) < 4.78 is 92.5. The van der Waals surface area contributed by atoms with Gasteiger partial charge in [-0.05, 0) is 39.2 Å². The largest absolute Gasteiger partial charge is 0.465 e. The number of methoxy groups -OCH3 is 1. The Labute approximate surface area is 452 Å². The molecular formula is C51H78F2N4O21. The molecule has 0 aliphatic carbocycles. The topological polar surface area (TPSA) is 313 Å². The van der Waals surface area contributed by atoms with Gasteiger partial charge in [0.15, 0.2) is 18.8 Å². The Balaban J connectivity index is 2.01. The molecule has 1 aromatic rings. The van der Waals surface area contributed by atoms with Gasteiger partial charge >= 0.3 is 35.9 Å². The molecule has 1 heterocycles. The summed E-state index contributed by atoms with van der Waals surface area (Å²) >= 11 is 0. The first kappa shape index (κ1) is 68.0. The summed E-state index contributed by atoms with van der Waals surface area (Å²) in [7, 11) is 1.02. The summed E-state index contributed by atoms with van der Waals surface area (Å²) in [4.78, 5) is 114. The Morgan fingerprint density at radius 2 is 1.28 bits per heavy atom. The molecule has 4 amide bonds. The molecule has 6 atom stereocenters. The van der Waals surface area contributed by atoms with E-state index in [2.05, 4.69) is 21.3 Å². The van der Waals surface area contributed by atoms with E-state index in [1.54, 1.807) is 20.8 Å². The van der Waals surface area contributed by atoms with Crippen LogP contribution in [0.5, 0.6) is 0 Å². The molecule has 2 rings (SSSR count). The van der Waals surface area contributed by atoms with Crippen LogP contribution in [-0.4, -0.2) is 188 Å². The second kappa shape index (κ2) is 36.9. The Hall–Kier alpha value is -6.13. The van der Waals surface area contributed by atoms with Crippen molar-refractivity contribution in [1.82, 2.24) is 21.3 Å². The molecule has 0 saturated carbocycles. The number of nitrogens with one attached hydrogen (secondary N) is 4. The van der Waals surface area contributed by atoms with E-state index in [9.17, 15) is 51.9 Å². The first-order valence-corrected chi connectivity index (χ1v) is 25.5. The van der Waals surface area contributed by atoms with Crippen molar-refractivity contribution < 1.29 is 109 Å². The molecule has 25 nitrogen and oxygen atoms in total. The number of carbonyl (C=O) groups excluding carboxylic acids is 9. The minimum Gasteiger partial charge on any atom is -0.465 e. The highest BCUT2D eigenvalue weighted by Gasteiger charge is 2.59. The van der Waals surface area contributed by atoms with Crippen molar-refractivity contribution in [2.45, 2.75) is 142 Å². The Morgan fingerprint density at radius 3 is 1.85 bits per heavy atom. The number of esters is 5. The number of benzene rings is 1. The molecule has 78 heavy (non-hydrogen) atoms. The van der Waals surface area contributed by atoms with Crippen LogP contribution in [0.3, 0.4) is 0 Å². The summed E-state index contributed by atoms with van der Waals surface area (Å²) in [5.41, 5.74) is -0.490. The van der Waals surface area contributed by atoms with Crippen LogP contribution in [0.25, 0.3) is 0 Å². The number of halogens is 2. The van der Waals surface area contributed by atoms with E-state index in [0.717, 1.165) is 46.9 Å². The van der Waals surface area contributed by atoms with E-state index < -0.39 is 116 Å². The van der Waals surface area contributed by atoms with Crippen LogP contribution in [0.4, 0.5) is 13.6 Å². The number of carbonyl (C=O) groups is 9. The van der Waals surface area contributed by atoms with Gasteiger partial charge in [-0.1, -0.05) is 37.1 Å². The maximum absolute atomic E-state index is 13.8. The van der Waals surface area contributed by atoms with Gasteiger partial charge in [0.05, 0.1) is 92.0 Å². The lowest BCUT2D eigenvalue weighted by molar-refractivity contribution is -0.313. The third kappa shape index (κ3) is 29.0. The van der Waals surface area contributed by atoms with E-state index in [0.29, 0.717) is 84.0 Å². The first-order valence-electron chi connectivity index (χ1n) is 25.5. The fraction of sp³-hybridized carbons (Fsp3) is 0.706. The van der Waals surface area contributed by atoms with Gasteiger partial charge in [0.1, 0.15) is 17.8 Å². The average Bonchev–Trinajstić information content (AvgIpc) is 3.36. The predicted octanol–water partition coefficient (Wildman–Crippen LogP) is 2.46. The highest BCUT2D eigenvalue weighted by molar-refractivity contribution is 5.81. The van der Waals surface area contributed by atoms with E-state index in [1.165, 1.54) is 12.1 Å². The quantitative estimate of drug-likeness (QED) is 0.0422. The molecule has 1 aromatic carbocycles. The number of amides is 4. The van der Waals surface area contributed by atoms with Crippen LogP contribution in [0.1, 0.15) is 105 Å². The van der Waals surface area contributed by atoms with Crippen LogP contribution < -0.4 is 21.3 Å². The lowest BCUT2D eigenvalue weighted by Crippen LogP contribution is -2.70. The zero-order valence-corrected chi connectivity index (χ0v) is 45.7. The third-order valence-corrected chi connectivity index (χ3v) is 10.7. The van der Waals surface area contributed by atoms with Gasteiger partial charge in [-0.25, -0.2) is 18.4 Å². The standard InChI is InChI=1S/C51H78F2N4O21/c1-33(58)72-32-43(64)57-44-39(74-34(2)59)30-51(48(65)67-8,77-46(44)45(76-36(4)61)40(75-35(3)60)31-56-42(63)29-37-13-15-38(16-14-37)47(52)53)73-20-12-10-9-11-18-54-41(62)17-21-68-23-25-70-27-28-71-26-24-69-22-19-55-49(66)78-50(5,6)7/h13-16,39-40,44-47H,9-12,17-32H2,1-8H3,(H,54,62)(H,55,66)(H,56,63)(H,57,64)/t39-,40+,44+,45+,46+,51+/m0/s1. The second-order valence-electron chi connectivity index (χ2n) is 18.5. The number of unbranched alkanes of at least 4 members (excludes halogenated alkanes) is 3. The molecule has 0 aromatic heterocycles. The lowest BCUT2D eigenvalue weighted by Gasteiger charge is -2.48. The molecule has 0 spiro atoms. The number of hydrogen-bond acceptors (Lipinski definition) is 21. The van der Waals surface area contributed by atoms with E-state index in [-0.39, 0.29) is 44.1 Å². The minimum absolute atomic E-state index is 0.128. The maximum atomic E-state index is 13.8. The number of hydrogen-bond donors (Lipinski definition) is 4. The normalized spacial score (nSPS) is 17.9. The van der Waals surface area contributed by atoms with Gasteiger partial charge in [0, 0.05) is 52.8 Å². The molecule has 27 heteroatoms. The molecule has 1 aliphatic heterocycles. The lowest BCUT2D eigenvalue weighted by atomic mass is 9.87. The summed E-state index contributed by atoms with van der Waals surface area (Å²) in [5, 5.41) is 10.5. The van der Waals surface area contributed by atoms with E-state index in [4.69, 9.17) is 56.8 Å². The fourth-order valence-electron chi connectivity index (χ4n) is 7.38. The molecule has 1 aliphatic rings. The molecule has 0 unspecified atom stereocenters. The van der Waals surface area contributed by atoms with Crippen LogP contribution in [0.15, 0.2) is 24.3 Å². The molecule has 4 N–H and O–H groups in total. The van der Waals surface area contributed by atoms with Crippen molar-refractivity contribution in [3.8, 4) is 0 Å². The van der Waals surface area contributed by atoms with Gasteiger partial charge in [-0.3, -0.25) is 33.6 Å². The number of alkyl carbamates (subject to hydrolysis) is 1. The van der Waals surface area contributed by atoms with Crippen LogP contribution in [0, 0.1) is 0 Å². The van der Waals surface area contributed by atoms with Crippen LogP contribution in [0.2, 0.25) is 0 Å². The Kier molecular flexibility index (Phi) is 32.1. The summed E-state index contributed by atoms with van der Waals surface area (Å²) in [5.74, 6) is -9.11. The van der Waals surface area contributed by atoms with Gasteiger partial charge < -0.3 is 78.1 Å². The van der Waals surface area contributed by atoms with Crippen molar-refractivity contribution >= 4 is 53.7 Å². The summed E-state index contributed by atoms with van der Waals surface area (Å²) in [6.45, 7) is 11.0. The first-order chi connectivity index (χ1) is 36.9. The third-order valence-electron chi connectivity index (χ3n) is 10.7. The van der Waals surface area contributed by atoms with Crippen molar-refractivity contribution in [2.24, 2.45) is 0 Å². The molecule has 0 bridgehead atoms. The van der Waals surface area contributed by atoms with Crippen molar-refractivity contribution in [3.63, 3.8) is 0 Å². The zero-order valence-electron chi connectivity index (χ0n) is 45.7. The highest BCUT2D eigenvalue weighted by Crippen LogP contribution is 2.37. The number of rotatable bonds is 37. The SMILES string of the molecule is COC(=O)[C@@]1(OCCCCCCNC(=O)CCOCCOCCOCCOCCNC(=O)OC(C)(C)C)C[C@H](OC(C)=O)[C@@H](NC(=O)COC(C)=O)[C@H]([C@H](OC(C)=O)[C@@H](CNC(=O)Cc2ccc(C(F)F)cc2)OC(C)=O)O1. The van der Waals surface area contributed by atoms with E-state index >= 15 is 0 Å². The van der Waals surface area contributed by atoms with Crippen molar-refractivity contribution in [2.75, 3.05) is 92.8 Å². The number of ether oxygens (including phenoxy) is 12. The van der Waals surface area contributed by atoms with Gasteiger partial charge in [0.25, 0.3) is 18.1 Å². The molecule has 1 fully saturated rings. The summed E-state index contributed by atoms with van der Waals surface area (Å²) in [6.07, 6.45) is -8.88. The molecular weight excluding hydrogens is 1040 g/mol. The van der Waals surface area contributed by atoms with Crippen molar-refractivity contribution in [1.29, 1.82) is 0 Å². The zero-order chi connectivity index (χ0) is 58.1.